The molecule has 0 saturated heterocycles. The molecule has 17 heavy (non-hydrogen) atoms. The van der Waals surface area contributed by atoms with Crippen molar-refractivity contribution in [3.8, 4) is 5.69 Å². The van der Waals surface area contributed by atoms with Crippen LogP contribution in [0.5, 0.6) is 0 Å². The van der Waals surface area contributed by atoms with Crippen LogP contribution < -0.4 is 0 Å². The molecule has 1 aromatic carbocycles. The van der Waals surface area contributed by atoms with Gasteiger partial charge in [-0.25, -0.2) is 9.48 Å². The quantitative estimate of drug-likeness (QED) is 0.892. The lowest BCUT2D eigenvalue weighted by atomic mass is 10.1. The average Bonchev–Trinajstić information content (AvgIpc) is 2.59. The molecule has 0 saturated carbocycles. The largest absolute Gasteiger partial charge is 0.478 e. The van der Waals surface area contributed by atoms with E-state index in [0.29, 0.717) is 16.4 Å². The van der Waals surface area contributed by atoms with Crippen LogP contribution in [0.3, 0.4) is 0 Å². The normalized spacial score (nSPS) is 10.5. The summed E-state index contributed by atoms with van der Waals surface area (Å²) in [6.45, 7) is 3.62. The summed E-state index contributed by atoms with van der Waals surface area (Å²) in [7, 11) is 0. The predicted molar refractivity (Wildman–Crippen MR) is 65.0 cm³/mol. The fourth-order valence-corrected chi connectivity index (χ4v) is 1.71. The van der Waals surface area contributed by atoms with Crippen molar-refractivity contribution in [3.05, 3.63) is 46.2 Å². The summed E-state index contributed by atoms with van der Waals surface area (Å²) in [4.78, 5) is 11.2. The highest BCUT2D eigenvalue weighted by atomic mass is 35.5. The molecule has 1 aromatic heterocycles. The van der Waals surface area contributed by atoms with Crippen LogP contribution >= 0.6 is 11.6 Å². The Labute approximate surface area is 103 Å². The van der Waals surface area contributed by atoms with Crippen LogP contribution in [0.25, 0.3) is 5.69 Å². The van der Waals surface area contributed by atoms with E-state index in [4.69, 9.17) is 16.7 Å². The van der Waals surface area contributed by atoms with Crippen molar-refractivity contribution in [2.24, 2.45) is 0 Å². The van der Waals surface area contributed by atoms with E-state index in [2.05, 4.69) is 5.10 Å². The maximum atomic E-state index is 11.2. The van der Waals surface area contributed by atoms with Crippen LogP contribution in [-0.4, -0.2) is 20.9 Å². The standard InChI is InChI=1S/C12H11ClN2O2/c1-7-3-4-11(9(5-7)12(16)17)15-6-10(13)8(2)14-15/h3-6H,1-2H3,(H,16,17). The highest BCUT2D eigenvalue weighted by Gasteiger charge is 2.13. The molecule has 2 aromatic rings. The van der Waals surface area contributed by atoms with E-state index in [1.54, 1.807) is 25.3 Å². The Morgan fingerprint density at radius 3 is 2.65 bits per heavy atom. The Bertz CT molecular complexity index is 571. The van der Waals surface area contributed by atoms with Gasteiger partial charge < -0.3 is 5.11 Å². The smallest absolute Gasteiger partial charge is 0.337 e. The molecule has 0 unspecified atom stereocenters. The van der Waals surface area contributed by atoms with E-state index in [9.17, 15) is 4.79 Å². The summed E-state index contributed by atoms with van der Waals surface area (Å²) >= 11 is 5.91. The van der Waals surface area contributed by atoms with E-state index in [1.165, 1.54) is 4.68 Å². The highest BCUT2D eigenvalue weighted by molar-refractivity contribution is 6.31. The Kier molecular flexibility index (Phi) is 2.90. The van der Waals surface area contributed by atoms with Crippen LogP contribution in [0.15, 0.2) is 24.4 Å². The van der Waals surface area contributed by atoms with Gasteiger partial charge >= 0.3 is 5.97 Å². The molecule has 0 aliphatic rings. The minimum absolute atomic E-state index is 0.212. The fraction of sp³-hybridized carbons (Fsp3) is 0.167. The second-order valence-electron chi connectivity index (χ2n) is 3.83. The third-order valence-corrected chi connectivity index (χ3v) is 2.84. The molecule has 0 amide bonds. The van der Waals surface area contributed by atoms with Crippen molar-refractivity contribution in [1.29, 1.82) is 0 Å². The third kappa shape index (κ3) is 2.17. The van der Waals surface area contributed by atoms with Crippen LogP contribution in [0.1, 0.15) is 21.6 Å². The molecule has 0 atom stereocenters. The van der Waals surface area contributed by atoms with Gasteiger partial charge in [-0.05, 0) is 26.0 Å². The van der Waals surface area contributed by atoms with Crippen LogP contribution in [-0.2, 0) is 0 Å². The highest BCUT2D eigenvalue weighted by Crippen LogP contribution is 2.20. The maximum absolute atomic E-state index is 11.2. The molecule has 2 rings (SSSR count). The SMILES string of the molecule is Cc1ccc(-n2cc(Cl)c(C)n2)c(C(=O)O)c1. The molecular weight excluding hydrogens is 240 g/mol. The zero-order chi connectivity index (χ0) is 12.6. The van der Waals surface area contributed by atoms with Gasteiger partial charge in [-0.15, -0.1) is 0 Å². The molecule has 0 aliphatic heterocycles. The molecule has 1 N–H and O–H groups in total. The average molecular weight is 251 g/mol. The number of halogens is 1. The number of carbonyl (C=O) groups is 1. The van der Waals surface area contributed by atoms with Crippen molar-refractivity contribution in [1.82, 2.24) is 9.78 Å². The number of aromatic carboxylic acids is 1. The number of nitrogens with zero attached hydrogens (tertiary/aromatic N) is 2. The van der Waals surface area contributed by atoms with Crippen molar-refractivity contribution < 1.29 is 9.90 Å². The van der Waals surface area contributed by atoms with Crippen molar-refractivity contribution in [2.75, 3.05) is 0 Å². The molecule has 0 fully saturated rings. The van der Waals surface area contributed by atoms with Crippen molar-refractivity contribution in [3.63, 3.8) is 0 Å². The number of aromatic nitrogens is 2. The van der Waals surface area contributed by atoms with Gasteiger partial charge in [0.25, 0.3) is 0 Å². The fourth-order valence-electron chi connectivity index (χ4n) is 1.58. The predicted octanol–water partition coefficient (Wildman–Crippen LogP) is 2.84. The number of carboxylic acid groups (broad SMARTS) is 1. The van der Waals surface area contributed by atoms with Gasteiger partial charge in [0, 0.05) is 6.20 Å². The van der Waals surface area contributed by atoms with Gasteiger partial charge in [0.05, 0.1) is 22.0 Å². The number of hydrogen-bond donors (Lipinski definition) is 1. The third-order valence-electron chi connectivity index (χ3n) is 2.47. The number of carboxylic acids is 1. The summed E-state index contributed by atoms with van der Waals surface area (Å²) in [5.74, 6) is -0.979. The van der Waals surface area contributed by atoms with Crippen LogP contribution in [0.4, 0.5) is 0 Å². The first-order valence-corrected chi connectivity index (χ1v) is 5.43. The van der Waals surface area contributed by atoms with Crippen LogP contribution in [0, 0.1) is 13.8 Å². The van der Waals surface area contributed by atoms with Gasteiger partial charge in [0.1, 0.15) is 0 Å². The summed E-state index contributed by atoms with van der Waals surface area (Å²) in [6, 6.07) is 5.18. The van der Waals surface area contributed by atoms with E-state index >= 15 is 0 Å². The second kappa shape index (κ2) is 4.22. The lowest BCUT2D eigenvalue weighted by molar-refractivity contribution is 0.0696. The second-order valence-corrected chi connectivity index (χ2v) is 4.24. The molecule has 0 bridgehead atoms. The van der Waals surface area contributed by atoms with E-state index in [-0.39, 0.29) is 5.56 Å². The summed E-state index contributed by atoms with van der Waals surface area (Å²) in [5.41, 5.74) is 2.28. The van der Waals surface area contributed by atoms with E-state index < -0.39 is 5.97 Å². The summed E-state index contributed by atoms with van der Waals surface area (Å²) < 4.78 is 1.49. The number of hydrogen-bond acceptors (Lipinski definition) is 2. The monoisotopic (exact) mass is 250 g/mol. The summed E-state index contributed by atoms with van der Waals surface area (Å²) in [6.07, 6.45) is 1.61. The zero-order valence-electron chi connectivity index (χ0n) is 9.44. The molecule has 88 valence electrons. The molecular formula is C12H11ClN2O2. The number of rotatable bonds is 2. The number of aryl methyl sites for hydroxylation is 2. The summed E-state index contributed by atoms with van der Waals surface area (Å²) in [5, 5.41) is 13.8. The number of benzene rings is 1. The first-order valence-electron chi connectivity index (χ1n) is 5.05. The van der Waals surface area contributed by atoms with Gasteiger partial charge in [-0.3, -0.25) is 0 Å². The minimum Gasteiger partial charge on any atom is -0.478 e. The maximum Gasteiger partial charge on any atom is 0.337 e. The molecule has 4 nitrogen and oxygen atoms in total. The molecule has 1 heterocycles. The van der Waals surface area contributed by atoms with E-state index in [0.717, 1.165) is 5.56 Å². The Balaban J connectivity index is 2.62. The first-order chi connectivity index (χ1) is 7.99. The molecule has 0 aliphatic carbocycles. The molecule has 0 radical (unpaired) electrons. The molecule has 0 spiro atoms. The van der Waals surface area contributed by atoms with Gasteiger partial charge in [-0.1, -0.05) is 23.2 Å². The minimum atomic E-state index is -0.979. The van der Waals surface area contributed by atoms with E-state index in [1.807, 2.05) is 13.0 Å². The lowest BCUT2D eigenvalue weighted by Gasteiger charge is -2.06. The van der Waals surface area contributed by atoms with Gasteiger partial charge in [0.2, 0.25) is 0 Å². The van der Waals surface area contributed by atoms with Crippen LogP contribution in [0.2, 0.25) is 5.02 Å². The van der Waals surface area contributed by atoms with Gasteiger partial charge in [-0.2, -0.15) is 5.10 Å². The lowest BCUT2D eigenvalue weighted by Crippen LogP contribution is -2.06. The Hall–Kier alpha value is -1.81. The Morgan fingerprint density at radius 1 is 1.41 bits per heavy atom. The molecule has 5 heteroatoms. The first kappa shape index (κ1) is 11.7. The van der Waals surface area contributed by atoms with Crippen molar-refractivity contribution >= 4 is 17.6 Å². The Morgan fingerprint density at radius 2 is 2.12 bits per heavy atom. The van der Waals surface area contributed by atoms with Gasteiger partial charge in [0.15, 0.2) is 0 Å². The zero-order valence-corrected chi connectivity index (χ0v) is 10.2. The van der Waals surface area contributed by atoms with Crippen molar-refractivity contribution in [2.45, 2.75) is 13.8 Å². The topological polar surface area (TPSA) is 55.1 Å².